The molecule has 0 bridgehead atoms. The summed E-state index contributed by atoms with van der Waals surface area (Å²) in [5, 5.41) is 11.9. The van der Waals surface area contributed by atoms with Gasteiger partial charge in [0.25, 0.3) is 5.91 Å². The van der Waals surface area contributed by atoms with Crippen LogP contribution >= 0.6 is 0 Å². The quantitative estimate of drug-likeness (QED) is 0.758. The van der Waals surface area contributed by atoms with Crippen molar-refractivity contribution in [3.8, 4) is 5.75 Å². The van der Waals surface area contributed by atoms with Crippen LogP contribution in [0.4, 0.5) is 24.5 Å². The van der Waals surface area contributed by atoms with Crippen molar-refractivity contribution in [2.45, 2.75) is 6.18 Å². The van der Waals surface area contributed by atoms with Gasteiger partial charge in [0, 0.05) is 11.4 Å². The summed E-state index contributed by atoms with van der Waals surface area (Å²) in [4.78, 5) is 15.4. The Morgan fingerprint density at radius 1 is 1.11 bits per heavy atom. The largest absolute Gasteiger partial charge is 0.508 e. The molecule has 2 aromatic rings. The average Bonchev–Trinajstić information content (AvgIpc) is 2.62. The molecule has 2 aromatic carbocycles. The summed E-state index contributed by atoms with van der Waals surface area (Å²) in [5.74, 6) is -0.0864. The van der Waals surface area contributed by atoms with E-state index in [2.05, 4.69) is 10.2 Å². The van der Waals surface area contributed by atoms with Crippen molar-refractivity contribution in [2.24, 2.45) is 0 Å². The molecule has 0 saturated carbocycles. The van der Waals surface area contributed by atoms with Gasteiger partial charge in [0.2, 0.25) is 0 Å². The van der Waals surface area contributed by atoms with Gasteiger partial charge in [-0.3, -0.25) is 4.79 Å². The molecule has 1 amide bonds. The van der Waals surface area contributed by atoms with Crippen LogP contribution < -0.4 is 15.1 Å². The van der Waals surface area contributed by atoms with E-state index in [4.69, 9.17) is 0 Å². The summed E-state index contributed by atoms with van der Waals surface area (Å²) in [6.07, 6.45) is -4.43. The fourth-order valence-electron chi connectivity index (χ4n) is 3.13. The molecular formula is C19H21F3N3O2+. The number of phenols is 1. The maximum Gasteiger partial charge on any atom is 0.416 e. The van der Waals surface area contributed by atoms with Crippen LogP contribution in [0.25, 0.3) is 0 Å². The number of halogens is 3. The first-order chi connectivity index (χ1) is 12.8. The lowest BCUT2D eigenvalue weighted by Gasteiger charge is -2.33. The summed E-state index contributed by atoms with van der Waals surface area (Å²) in [6, 6.07) is 11.6. The fourth-order valence-corrected chi connectivity index (χ4v) is 3.13. The molecule has 1 heterocycles. The van der Waals surface area contributed by atoms with E-state index in [1.807, 2.05) is 12.1 Å². The molecular weight excluding hydrogens is 359 g/mol. The van der Waals surface area contributed by atoms with Crippen molar-refractivity contribution in [3.63, 3.8) is 0 Å². The number of piperazine rings is 1. The first-order valence-corrected chi connectivity index (χ1v) is 8.66. The number of rotatable bonds is 4. The molecule has 0 radical (unpaired) electrons. The number of nitrogens with zero attached hydrogens (tertiary/aromatic N) is 1. The SMILES string of the molecule is O=C(C[NH+]1CCN(c2ccc(O)cc2)CC1)Nc1cccc(C(F)(F)F)c1. The first kappa shape index (κ1) is 19.0. The van der Waals surface area contributed by atoms with Crippen LogP contribution in [0.2, 0.25) is 0 Å². The zero-order valence-corrected chi connectivity index (χ0v) is 14.6. The molecule has 5 nitrogen and oxygen atoms in total. The Balaban J connectivity index is 1.50. The van der Waals surface area contributed by atoms with E-state index in [1.165, 1.54) is 12.1 Å². The molecule has 0 unspecified atom stereocenters. The van der Waals surface area contributed by atoms with Gasteiger partial charge in [-0.25, -0.2) is 0 Å². The number of benzene rings is 2. The van der Waals surface area contributed by atoms with Gasteiger partial charge < -0.3 is 20.2 Å². The summed E-state index contributed by atoms with van der Waals surface area (Å²) >= 11 is 0. The third-order valence-corrected chi connectivity index (χ3v) is 4.57. The van der Waals surface area contributed by atoms with Crippen molar-refractivity contribution in [1.82, 2.24) is 0 Å². The zero-order chi connectivity index (χ0) is 19.4. The lowest BCUT2D eigenvalue weighted by molar-refractivity contribution is -0.892. The highest BCUT2D eigenvalue weighted by Gasteiger charge is 2.30. The van der Waals surface area contributed by atoms with Gasteiger partial charge in [-0.05, 0) is 42.5 Å². The minimum atomic E-state index is -4.43. The standard InChI is InChI=1S/C19H20F3N3O2/c20-19(21,22)14-2-1-3-15(12-14)23-18(27)13-24-8-10-25(11-9-24)16-4-6-17(26)7-5-16/h1-7,12,26H,8-11,13H2,(H,23,27)/p+1. The minimum Gasteiger partial charge on any atom is -0.508 e. The van der Waals surface area contributed by atoms with Crippen LogP contribution in [0, 0.1) is 0 Å². The minimum absolute atomic E-state index is 0.150. The molecule has 27 heavy (non-hydrogen) atoms. The predicted molar refractivity (Wildman–Crippen MR) is 96.0 cm³/mol. The summed E-state index contributed by atoms with van der Waals surface area (Å²) in [5.41, 5.74) is 0.382. The number of phenolic OH excluding ortho intramolecular Hbond substituents is 1. The predicted octanol–water partition coefficient (Wildman–Crippen LogP) is 1.75. The maximum atomic E-state index is 12.7. The number of quaternary nitrogens is 1. The number of hydrogen-bond donors (Lipinski definition) is 3. The second kappa shape index (κ2) is 7.87. The van der Waals surface area contributed by atoms with E-state index in [-0.39, 0.29) is 23.9 Å². The van der Waals surface area contributed by atoms with E-state index >= 15 is 0 Å². The number of hydrogen-bond acceptors (Lipinski definition) is 3. The number of carbonyl (C=O) groups excluding carboxylic acids is 1. The van der Waals surface area contributed by atoms with Gasteiger partial charge in [0.1, 0.15) is 5.75 Å². The highest BCUT2D eigenvalue weighted by Crippen LogP contribution is 2.30. The Kier molecular flexibility index (Phi) is 5.55. The second-order valence-electron chi connectivity index (χ2n) is 6.56. The van der Waals surface area contributed by atoms with Gasteiger partial charge in [0.15, 0.2) is 6.54 Å². The number of anilines is 2. The molecule has 0 aromatic heterocycles. The molecule has 8 heteroatoms. The van der Waals surface area contributed by atoms with Gasteiger partial charge in [0.05, 0.1) is 31.7 Å². The number of amides is 1. The van der Waals surface area contributed by atoms with Crippen LogP contribution in [-0.4, -0.2) is 43.7 Å². The Morgan fingerprint density at radius 2 is 1.78 bits per heavy atom. The molecule has 1 aliphatic heterocycles. The van der Waals surface area contributed by atoms with Crippen molar-refractivity contribution >= 4 is 17.3 Å². The molecule has 0 aliphatic carbocycles. The Labute approximate surface area is 155 Å². The number of alkyl halides is 3. The van der Waals surface area contributed by atoms with Crippen LogP contribution in [0.3, 0.4) is 0 Å². The molecule has 1 aliphatic rings. The van der Waals surface area contributed by atoms with Crippen LogP contribution in [0.1, 0.15) is 5.56 Å². The van der Waals surface area contributed by atoms with E-state index < -0.39 is 11.7 Å². The topological polar surface area (TPSA) is 57.0 Å². The number of aromatic hydroxyl groups is 1. The fraction of sp³-hybridized carbons (Fsp3) is 0.316. The zero-order valence-electron chi connectivity index (χ0n) is 14.6. The third-order valence-electron chi connectivity index (χ3n) is 4.57. The molecule has 1 saturated heterocycles. The molecule has 3 N–H and O–H groups in total. The monoisotopic (exact) mass is 380 g/mol. The van der Waals surface area contributed by atoms with Crippen LogP contribution in [0.5, 0.6) is 5.75 Å². The van der Waals surface area contributed by atoms with E-state index in [0.717, 1.165) is 48.9 Å². The van der Waals surface area contributed by atoms with Crippen LogP contribution in [-0.2, 0) is 11.0 Å². The number of nitrogens with one attached hydrogen (secondary N) is 2. The lowest BCUT2D eigenvalue weighted by atomic mass is 10.2. The van der Waals surface area contributed by atoms with Crippen molar-refractivity contribution in [3.05, 3.63) is 54.1 Å². The Hall–Kier alpha value is -2.74. The van der Waals surface area contributed by atoms with Crippen molar-refractivity contribution in [2.75, 3.05) is 42.9 Å². The van der Waals surface area contributed by atoms with Gasteiger partial charge in [-0.15, -0.1) is 0 Å². The van der Waals surface area contributed by atoms with E-state index in [1.54, 1.807) is 12.1 Å². The normalized spacial score (nSPS) is 15.6. The Morgan fingerprint density at radius 3 is 2.41 bits per heavy atom. The van der Waals surface area contributed by atoms with E-state index in [0.29, 0.717) is 0 Å². The van der Waals surface area contributed by atoms with E-state index in [9.17, 15) is 23.1 Å². The molecule has 3 rings (SSSR count). The molecule has 144 valence electrons. The van der Waals surface area contributed by atoms with Crippen molar-refractivity contribution < 1.29 is 28.0 Å². The van der Waals surface area contributed by atoms with Gasteiger partial charge in [-0.2, -0.15) is 13.2 Å². The average molecular weight is 380 g/mol. The lowest BCUT2D eigenvalue weighted by Crippen LogP contribution is -3.15. The first-order valence-electron chi connectivity index (χ1n) is 8.66. The third kappa shape index (κ3) is 5.13. The molecule has 0 spiro atoms. The molecule has 1 fully saturated rings. The number of carbonyl (C=O) groups is 1. The summed E-state index contributed by atoms with van der Waals surface area (Å²) in [6.45, 7) is 3.22. The van der Waals surface area contributed by atoms with Gasteiger partial charge in [-0.1, -0.05) is 6.07 Å². The smallest absolute Gasteiger partial charge is 0.416 e. The highest BCUT2D eigenvalue weighted by molar-refractivity contribution is 5.91. The maximum absolute atomic E-state index is 12.7. The molecule has 0 atom stereocenters. The summed E-state index contributed by atoms with van der Waals surface area (Å²) in [7, 11) is 0. The highest BCUT2D eigenvalue weighted by atomic mass is 19.4. The Bertz CT molecular complexity index is 786. The van der Waals surface area contributed by atoms with Gasteiger partial charge >= 0.3 is 6.18 Å². The van der Waals surface area contributed by atoms with Crippen molar-refractivity contribution in [1.29, 1.82) is 0 Å². The summed E-state index contributed by atoms with van der Waals surface area (Å²) < 4.78 is 38.2. The van der Waals surface area contributed by atoms with Crippen LogP contribution in [0.15, 0.2) is 48.5 Å². The second-order valence-corrected chi connectivity index (χ2v) is 6.56.